The van der Waals surface area contributed by atoms with Gasteiger partial charge in [0.1, 0.15) is 0 Å². The van der Waals surface area contributed by atoms with Crippen LogP contribution >= 0.6 is 0 Å². The fraction of sp³-hybridized carbons (Fsp3) is 0.500. The third-order valence-electron chi connectivity index (χ3n) is 1.96. The van der Waals surface area contributed by atoms with Crippen LogP contribution in [-0.4, -0.2) is 16.7 Å². The third-order valence-corrected chi connectivity index (χ3v) is 1.96. The Morgan fingerprint density at radius 3 is 2.36 bits per heavy atom. The molecule has 0 N–H and O–H groups in total. The Morgan fingerprint density at radius 2 is 2.18 bits per heavy atom. The van der Waals surface area contributed by atoms with Crippen LogP contribution in [0.1, 0.15) is 20.8 Å². The molecular weight excluding hydrogens is 142 g/mol. The average Bonchev–Trinajstić information content (AvgIpc) is 2.17. The van der Waals surface area contributed by atoms with E-state index in [0.717, 1.165) is 5.57 Å². The highest BCUT2D eigenvalue weighted by atomic mass is 16.2. The summed E-state index contributed by atoms with van der Waals surface area (Å²) in [6, 6.07) is 0. The zero-order valence-electron chi connectivity index (χ0n) is 6.92. The van der Waals surface area contributed by atoms with Crippen LogP contribution in [0.15, 0.2) is 11.8 Å². The zero-order valence-corrected chi connectivity index (χ0v) is 6.92. The molecule has 3 heteroatoms. The van der Waals surface area contributed by atoms with E-state index >= 15 is 0 Å². The number of amides is 2. The Kier molecular flexibility index (Phi) is 1.81. The van der Waals surface area contributed by atoms with E-state index in [1.165, 1.54) is 11.8 Å². The van der Waals surface area contributed by atoms with Crippen molar-refractivity contribution in [2.75, 3.05) is 0 Å². The van der Waals surface area contributed by atoms with Gasteiger partial charge in [0, 0.05) is 13.1 Å². The van der Waals surface area contributed by atoms with Crippen LogP contribution in [0, 0.1) is 5.92 Å². The molecule has 0 saturated carbocycles. The first-order valence-electron chi connectivity index (χ1n) is 3.56. The summed E-state index contributed by atoms with van der Waals surface area (Å²) in [4.78, 5) is 23.2. The Morgan fingerprint density at radius 1 is 1.64 bits per heavy atom. The molecule has 60 valence electrons. The van der Waals surface area contributed by atoms with Gasteiger partial charge in [-0.15, -0.1) is 0 Å². The maximum Gasteiger partial charge on any atom is 0.240 e. The smallest absolute Gasteiger partial charge is 0.240 e. The number of carbonyl (C=O) groups is 2. The number of hydrogen-bond acceptors (Lipinski definition) is 2. The lowest BCUT2D eigenvalue weighted by molar-refractivity contribution is -0.140. The summed E-state index contributed by atoms with van der Waals surface area (Å²) in [6.45, 7) is 5.04. The Bertz CT molecular complexity index is 242. The zero-order chi connectivity index (χ0) is 8.59. The van der Waals surface area contributed by atoms with E-state index in [4.69, 9.17) is 0 Å². The Balaban J connectivity index is 2.89. The van der Waals surface area contributed by atoms with Crippen LogP contribution in [0.5, 0.6) is 0 Å². The standard InChI is InChI=1S/C8H11NO2/c1-5-4-9(7(3)10)8(11)6(5)2/h4,6H,1-3H3. The fourth-order valence-corrected chi connectivity index (χ4v) is 1.03. The van der Waals surface area contributed by atoms with Crippen molar-refractivity contribution in [3.63, 3.8) is 0 Å². The summed E-state index contributed by atoms with van der Waals surface area (Å²) in [5.74, 6) is -0.451. The summed E-state index contributed by atoms with van der Waals surface area (Å²) in [7, 11) is 0. The van der Waals surface area contributed by atoms with Crippen molar-refractivity contribution in [3.05, 3.63) is 11.8 Å². The summed E-state index contributed by atoms with van der Waals surface area (Å²) in [6.07, 6.45) is 1.61. The first-order valence-corrected chi connectivity index (χ1v) is 3.56. The van der Waals surface area contributed by atoms with E-state index < -0.39 is 0 Å². The molecular formula is C8H11NO2. The number of nitrogens with zero attached hydrogens (tertiary/aromatic N) is 1. The van der Waals surface area contributed by atoms with Crippen molar-refractivity contribution in [3.8, 4) is 0 Å². The van der Waals surface area contributed by atoms with Gasteiger partial charge in [-0.25, -0.2) is 0 Å². The highest BCUT2D eigenvalue weighted by Gasteiger charge is 2.29. The lowest BCUT2D eigenvalue weighted by atomic mass is 10.1. The molecule has 0 fully saturated rings. The van der Waals surface area contributed by atoms with Gasteiger partial charge in [0.05, 0.1) is 5.92 Å². The number of hydrogen-bond donors (Lipinski definition) is 0. The van der Waals surface area contributed by atoms with Crippen molar-refractivity contribution in [1.82, 2.24) is 4.90 Å². The van der Waals surface area contributed by atoms with Gasteiger partial charge in [0.2, 0.25) is 11.8 Å². The van der Waals surface area contributed by atoms with Crippen LogP contribution in [0.2, 0.25) is 0 Å². The molecule has 0 bridgehead atoms. The molecule has 0 aromatic rings. The first-order chi connectivity index (χ1) is 5.04. The second-order valence-electron chi connectivity index (χ2n) is 2.82. The van der Waals surface area contributed by atoms with Gasteiger partial charge in [-0.05, 0) is 19.4 Å². The SMILES string of the molecule is CC(=O)N1C=C(C)C(C)C1=O. The Hall–Kier alpha value is -1.12. The van der Waals surface area contributed by atoms with Crippen molar-refractivity contribution in [1.29, 1.82) is 0 Å². The minimum Gasteiger partial charge on any atom is -0.274 e. The Labute approximate surface area is 65.7 Å². The summed E-state index contributed by atoms with van der Waals surface area (Å²) < 4.78 is 0. The van der Waals surface area contributed by atoms with Crippen molar-refractivity contribution in [2.45, 2.75) is 20.8 Å². The van der Waals surface area contributed by atoms with E-state index in [9.17, 15) is 9.59 Å². The first kappa shape index (κ1) is 7.98. The van der Waals surface area contributed by atoms with Crippen LogP contribution in [0.4, 0.5) is 0 Å². The maximum absolute atomic E-state index is 11.2. The van der Waals surface area contributed by atoms with Crippen LogP contribution in [-0.2, 0) is 9.59 Å². The van der Waals surface area contributed by atoms with Gasteiger partial charge in [0.25, 0.3) is 0 Å². The van der Waals surface area contributed by atoms with E-state index in [1.807, 2.05) is 6.92 Å². The second kappa shape index (κ2) is 2.49. The molecule has 11 heavy (non-hydrogen) atoms. The monoisotopic (exact) mass is 153 g/mol. The third kappa shape index (κ3) is 1.18. The molecule has 2 amide bonds. The van der Waals surface area contributed by atoms with Crippen molar-refractivity contribution >= 4 is 11.8 Å². The van der Waals surface area contributed by atoms with E-state index in [1.54, 1.807) is 13.1 Å². The molecule has 1 aliphatic heterocycles. The normalized spacial score (nSPS) is 23.9. The molecule has 0 saturated heterocycles. The molecule has 0 radical (unpaired) electrons. The van der Waals surface area contributed by atoms with Gasteiger partial charge in [-0.1, -0.05) is 0 Å². The highest BCUT2D eigenvalue weighted by molar-refractivity contribution is 5.99. The number of carbonyl (C=O) groups excluding carboxylic acids is 2. The van der Waals surface area contributed by atoms with E-state index in [0.29, 0.717) is 0 Å². The second-order valence-corrected chi connectivity index (χ2v) is 2.82. The molecule has 1 aliphatic rings. The maximum atomic E-state index is 11.2. The molecule has 0 spiro atoms. The quantitative estimate of drug-likeness (QED) is 0.518. The number of rotatable bonds is 0. The van der Waals surface area contributed by atoms with Crippen LogP contribution in [0.3, 0.4) is 0 Å². The van der Waals surface area contributed by atoms with Gasteiger partial charge in [-0.2, -0.15) is 0 Å². The molecule has 0 aliphatic carbocycles. The topological polar surface area (TPSA) is 37.4 Å². The molecule has 1 rings (SSSR count). The minimum absolute atomic E-state index is 0.116. The van der Waals surface area contributed by atoms with Crippen molar-refractivity contribution in [2.24, 2.45) is 5.92 Å². The van der Waals surface area contributed by atoms with Crippen molar-refractivity contribution < 1.29 is 9.59 Å². The van der Waals surface area contributed by atoms with Gasteiger partial charge >= 0.3 is 0 Å². The van der Waals surface area contributed by atoms with Crippen LogP contribution in [0.25, 0.3) is 0 Å². The molecule has 3 nitrogen and oxygen atoms in total. The summed E-state index contributed by atoms with van der Waals surface area (Å²) in [5.41, 5.74) is 0.949. The summed E-state index contributed by atoms with van der Waals surface area (Å²) >= 11 is 0. The average molecular weight is 153 g/mol. The van der Waals surface area contributed by atoms with E-state index in [-0.39, 0.29) is 17.7 Å². The molecule has 1 atom stereocenters. The lowest BCUT2D eigenvalue weighted by Gasteiger charge is -2.08. The number of imide groups is 1. The fourth-order valence-electron chi connectivity index (χ4n) is 1.03. The predicted octanol–water partition coefficient (Wildman–Crippen LogP) is 0.915. The summed E-state index contributed by atoms with van der Waals surface area (Å²) in [5, 5.41) is 0. The van der Waals surface area contributed by atoms with E-state index in [2.05, 4.69) is 0 Å². The van der Waals surface area contributed by atoms with Crippen LogP contribution < -0.4 is 0 Å². The van der Waals surface area contributed by atoms with Gasteiger partial charge in [0.15, 0.2) is 0 Å². The molecule has 0 aromatic heterocycles. The largest absolute Gasteiger partial charge is 0.274 e. The molecule has 1 heterocycles. The predicted molar refractivity (Wildman–Crippen MR) is 40.4 cm³/mol. The molecule has 0 aromatic carbocycles. The lowest BCUT2D eigenvalue weighted by Crippen LogP contribution is -2.29. The molecule has 1 unspecified atom stereocenters. The minimum atomic E-state index is -0.210. The highest BCUT2D eigenvalue weighted by Crippen LogP contribution is 2.21. The van der Waals surface area contributed by atoms with Gasteiger partial charge < -0.3 is 0 Å². The van der Waals surface area contributed by atoms with Gasteiger partial charge in [-0.3, -0.25) is 14.5 Å².